The number of allylic oxidation sites excluding steroid dienone is 3. The second-order valence-corrected chi connectivity index (χ2v) is 4.47. The maximum atomic E-state index is 3.18. The van der Waals surface area contributed by atoms with E-state index >= 15 is 0 Å². The summed E-state index contributed by atoms with van der Waals surface area (Å²) in [5.74, 6) is 0. The molecule has 0 saturated carbocycles. The van der Waals surface area contributed by atoms with Crippen LogP contribution in [-0.2, 0) is 0 Å². The van der Waals surface area contributed by atoms with Crippen LogP contribution in [0.1, 0.15) is 13.8 Å². The molecule has 1 unspecified atom stereocenters. The molecule has 7 heavy (non-hydrogen) atoms. The molecule has 1 radical (unpaired) electrons. The fourth-order valence-corrected chi connectivity index (χ4v) is 2.13. The average Bonchev–Trinajstić information content (AvgIpc) is 1.91. The van der Waals surface area contributed by atoms with E-state index in [0.29, 0.717) is 0 Å². The Kier molecular flexibility index (Phi) is 1.39. The van der Waals surface area contributed by atoms with Crippen molar-refractivity contribution < 1.29 is 0 Å². The first-order valence-electron chi connectivity index (χ1n) is 2.33. The summed E-state index contributed by atoms with van der Waals surface area (Å²) in [5, 5.41) is 0. The van der Waals surface area contributed by atoms with Crippen molar-refractivity contribution in [1.82, 2.24) is 0 Å². The quantitative estimate of drug-likeness (QED) is 0.458. The van der Waals surface area contributed by atoms with Crippen LogP contribution in [0, 0.1) is 6.08 Å². The molecule has 0 aromatic heterocycles. The third-order valence-corrected chi connectivity index (χ3v) is 3.44. The molecule has 0 N–H and O–H groups in total. The van der Waals surface area contributed by atoms with Gasteiger partial charge >= 0.3 is 50.5 Å². The molecule has 0 bridgehead atoms. The van der Waals surface area contributed by atoms with E-state index < -0.39 is 0 Å². The van der Waals surface area contributed by atoms with E-state index in [0.717, 1.165) is 0 Å². The molecule has 1 heterocycles. The number of rotatable bonds is 0. The van der Waals surface area contributed by atoms with Gasteiger partial charge in [0, 0.05) is 0 Å². The van der Waals surface area contributed by atoms with Crippen molar-refractivity contribution in [1.29, 1.82) is 0 Å². The molecule has 0 aromatic rings. The molecule has 0 nitrogen and oxygen atoms in total. The Morgan fingerprint density at radius 2 is 2.29 bits per heavy atom. The van der Waals surface area contributed by atoms with Gasteiger partial charge in [-0.15, -0.1) is 0 Å². The SMILES string of the molecule is CC1=C(C)[AsH]C=[C]1. The van der Waals surface area contributed by atoms with Crippen LogP contribution in [0.15, 0.2) is 14.8 Å². The first-order chi connectivity index (χ1) is 3.30. The average molecular weight is 155 g/mol. The molecular weight excluding hydrogens is 147 g/mol. The third kappa shape index (κ3) is 0.977. The van der Waals surface area contributed by atoms with Gasteiger partial charge < -0.3 is 0 Å². The zero-order valence-corrected chi connectivity index (χ0v) is 6.68. The monoisotopic (exact) mass is 155 g/mol. The normalized spacial score (nSPS) is 22.6. The summed E-state index contributed by atoms with van der Waals surface area (Å²) in [7, 11) is 0. The van der Waals surface area contributed by atoms with E-state index in [1.165, 1.54) is 5.57 Å². The van der Waals surface area contributed by atoms with Crippen LogP contribution in [0.25, 0.3) is 0 Å². The van der Waals surface area contributed by atoms with Gasteiger partial charge in [0.25, 0.3) is 0 Å². The molecule has 0 amide bonds. The maximum absolute atomic E-state index is 3.18. The van der Waals surface area contributed by atoms with Crippen LogP contribution in [0.2, 0.25) is 0 Å². The minimum absolute atomic E-state index is 0.169. The Morgan fingerprint density at radius 1 is 1.57 bits per heavy atom. The first-order valence-corrected chi connectivity index (χ1v) is 4.59. The molecule has 0 saturated heterocycles. The van der Waals surface area contributed by atoms with E-state index in [9.17, 15) is 0 Å². The molecule has 1 rings (SSSR count). The van der Waals surface area contributed by atoms with Gasteiger partial charge in [-0.25, -0.2) is 0 Å². The standard InChI is InChI=1S/C6H8As/c1-5-3-4-7-6(5)2/h4,7H,1-2H3. The Labute approximate surface area is 51.0 Å². The molecule has 0 aliphatic carbocycles. The zero-order chi connectivity index (χ0) is 5.28. The predicted octanol–water partition coefficient (Wildman–Crippen LogP) is 1.05. The van der Waals surface area contributed by atoms with Crippen LogP contribution < -0.4 is 0 Å². The summed E-state index contributed by atoms with van der Waals surface area (Å²) < 4.78 is 1.58. The zero-order valence-electron chi connectivity index (χ0n) is 4.58. The second kappa shape index (κ2) is 1.88. The summed E-state index contributed by atoms with van der Waals surface area (Å²) in [6.07, 6.45) is 3.18. The molecule has 1 aliphatic rings. The number of hydrogen-bond acceptors (Lipinski definition) is 0. The van der Waals surface area contributed by atoms with Crippen molar-refractivity contribution in [3.63, 3.8) is 0 Å². The van der Waals surface area contributed by atoms with Gasteiger partial charge in [-0.3, -0.25) is 0 Å². The molecule has 0 fully saturated rings. The Balaban J connectivity index is 2.79. The van der Waals surface area contributed by atoms with E-state index in [2.05, 4.69) is 24.8 Å². The molecule has 1 atom stereocenters. The summed E-state index contributed by atoms with van der Waals surface area (Å²) in [5.41, 5.74) is 1.38. The summed E-state index contributed by atoms with van der Waals surface area (Å²) in [6.45, 7) is 4.33. The predicted molar refractivity (Wildman–Crippen MR) is 33.3 cm³/mol. The fourth-order valence-electron chi connectivity index (χ4n) is 0.469. The number of hydrogen-bond donors (Lipinski definition) is 0. The molecule has 0 spiro atoms. The topological polar surface area (TPSA) is 0 Å². The van der Waals surface area contributed by atoms with Crippen LogP contribution in [0.3, 0.4) is 0 Å². The van der Waals surface area contributed by atoms with Crippen molar-refractivity contribution in [3.8, 4) is 0 Å². The molecule has 1 aliphatic heterocycles. The minimum atomic E-state index is 0.169. The fraction of sp³-hybridized carbons (Fsp3) is 0.333. The summed E-state index contributed by atoms with van der Waals surface area (Å²) >= 11 is 0.169. The van der Waals surface area contributed by atoms with Gasteiger partial charge in [0.15, 0.2) is 0 Å². The summed E-state index contributed by atoms with van der Waals surface area (Å²) in [6, 6.07) is 0. The molecule has 37 valence electrons. The van der Waals surface area contributed by atoms with E-state index in [-0.39, 0.29) is 15.8 Å². The van der Waals surface area contributed by atoms with Crippen molar-refractivity contribution >= 4 is 15.8 Å². The van der Waals surface area contributed by atoms with Gasteiger partial charge in [0.2, 0.25) is 0 Å². The van der Waals surface area contributed by atoms with E-state index in [4.69, 9.17) is 0 Å². The molecular formula is C6H8As. The van der Waals surface area contributed by atoms with Gasteiger partial charge in [-0.1, -0.05) is 0 Å². The third-order valence-electron chi connectivity index (χ3n) is 1.14. The Morgan fingerprint density at radius 3 is 2.43 bits per heavy atom. The van der Waals surface area contributed by atoms with Crippen molar-refractivity contribution in [2.75, 3.05) is 0 Å². The summed E-state index contributed by atoms with van der Waals surface area (Å²) in [4.78, 5) is 2.20. The second-order valence-electron chi connectivity index (χ2n) is 1.68. The van der Waals surface area contributed by atoms with Crippen LogP contribution >= 0.6 is 0 Å². The van der Waals surface area contributed by atoms with Crippen LogP contribution in [-0.4, -0.2) is 15.8 Å². The van der Waals surface area contributed by atoms with Gasteiger partial charge in [0.1, 0.15) is 0 Å². The van der Waals surface area contributed by atoms with Crippen LogP contribution in [0.5, 0.6) is 0 Å². The van der Waals surface area contributed by atoms with E-state index in [1.807, 2.05) is 0 Å². The van der Waals surface area contributed by atoms with Crippen molar-refractivity contribution in [3.05, 3.63) is 20.9 Å². The molecule has 1 heteroatoms. The Bertz CT molecular complexity index is 131. The van der Waals surface area contributed by atoms with Gasteiger partial charge in [-0.05, 0) is 0 Å². The molecule has 0 aromatic carbocycles. The van der Waals surface area contributed by atoms with E-state index in [1.54, 1.807) is 4.36 Å². The van der Waals surface area contributed by atoms with Crippen LogP contribution in [0.4, 0.5) is 0 Å². The van der Waals surface area contributed by atoms with Crippen molar-refractivity contribution in [2.45, 2.75) is 13.8 Å². The van der Waals surface area contributed by atoms with Gasteiger partial charge in [-0.2, -0.15) is 0 Å². The Hall–Kier alpha value is 0.0384. The van der Waals surface area contributed by atoms with Crippen molar-refractivity contribution in [2.24, 2.45) is 0 Å². The first kappa shape index (κ1) is 5.18. The van der Waals surface area contributed by atoms with Gasteiger partial charge in [0.05, 0.1) is 0 Å².